The summed E-state index contributed by atoms with van der Waals surface area (Å²) in [6.07, 6.45) is 5.70. The van der Waals surface area contributed by atoms with Crippen LogP contribution in [-0.4, -0.2) is 42.0 Å². The Kier molecular flexibility index (Phi) is 10.2. The Labute approximate surface area is 279 Å². The average molecular weight is 705 g/mol. The van der Waals surface area contributed by atoms with Crippen molar-refractivity contribution in [2.24, 2.45) is 0 Å². The van der Waals surface area contributed by atoms with Crippen LogP contribution >= 0.6 is 23.2 Å². The molecular formula is C32H24Cl2F6N8. The van der Waals surface area contributed by atoms with E-state index in [2.05, 4.69) is 40.5 Å². The van der Waals surface area contributed by atoms with Crippen molar-refractivity contribution >= 4 is 57.0 Å². The Balaban J connectivity index is 0.000000188. The van der Waals surface area contributed by atoms with Gasteiger partial charge in [0.2, 0.25) is 0 Å². The molecule has 16 heteroatoms. The van der Waals surface area contributed by atoms with Gasteiger partial charge in [-0.05, 0) is 27.7 Å². The van der Waals surface area contributed by atoms with Crippen molar-refractivity contribution in [2.45, 2.75) is 39.8 Å². The van der Waals surface area contributed by atoms with Crippen molar-refractivity contribution in [3.63, 3.8) is 0 Å². The van der Waals surface area contributed by atoms with E-state index in [1.165, 1.54) is 24.8 Å². The molecule has 6 rings (SSSR count). The summed E-state index contributed by atoms with van der Waals surface area (Å²) in [5.74, 6) is -6.20. The number of hydrogen-bond acceptors (Lipinski definition) is 8. The molecule has 2 N–H and O–H groups in total. The molecule has 2 aromatic carbocycles. The van der Waals surface area contributed by atoms with Crippen molar-refractivity contribution < 1.29 is 26.3 Å². The van der Waals surface area contributed by atoms with Crippen LogP contribution in [0.2, 0.25) is 10.2 Å². The molecule has 0 aliphatic heterocycles. The van der Waals surface area contributed by atoms with Crippen LogP contribution in [0.1, 0.15) is 27.7 Å². The Morgan fingerprint density at radius 3 is 1.48 bits per heavy atom. The molecule has 0 radical (unpaired) electrons. The van der Waals surface area contributed by atoms with Crippen molar-refractivity contribution in [1.29, 1.82) is 0 Å². The van der Waals surface area contributed by atoms with Crippen LogP contribution in [0.25, 0.3) is 44.6 Å². The maximum absolute atomic E-state index is 14.3. The van der Waals surface area contributed by atoms with Crippen LogP contribution < -0.4 is 10.6 Å². The summed E-state index contributed by atoms with van der Waals surface area (Å²) in [6.45, 7) is 7.35. The van der Waals surface area contributed by atoms with Crippen molar-refractivity contribution in [2.75, 3.05) is 10.6 Å². The normalized spacial score (nSPS) is 11.3. The zero-order valence-corrected chi connectivity index (χ0v) is 27.0. The second kappa shape index (κ2) is 14.1. The van der Waals surface area contributed by atoms with Crippen LogP contribution in [0.5, 0.6) is 0 Å². The topological polar surface area (TPSA) is 101 Å². The fourth-order valence-corrected chi connectivity index (χ4v) is 5.32. The number of anilines is 2. The maximum Gasteiger partial charge on any atom is 0.181 e. The molecule has 0 spiro atoms. The molecule has 8 nitrogen and oxygen atoms in total. The van der Waals surface area contributed by atoms with Gasteiger partial charge >= 0.3 is 0 Å². The monoisotopic (exact) mass is 704 g/mol. The van der Waals surface area contributed by atoms with Gasteiger partial charge in [0.1, 0.15) is 56.9 Å². The van der Waals surface area contributed by atoms with Crippen LogP contribution in [0.4, 0.5) is 37.8 Å². The first-order chi connectivity index (χ1) is 22.8. The second-order valence-corrected chi connectivity index (χ2v) is 11.6. The van der Waals surface area contributed by atoms with Gasteiger partial charge in [-0.25, -0.2) is 56.2 Å². The summed E-state index contributed by atoms with van der Waals surface area (Å²) in [4.78, 5) is 24.7. The summed E-state index contributed by atoms with van der Waals surface area (Å²) >= 11 is 12.5. The Hall–Kier alpha value is -4.82. The Morgan fingerprint density at radius 2 is 0.979 bits per heavy atom. The zero-order valence-electron chi connectivity index (χ0n) is 25.5. The van der Waals surface area contributed by atoms with Crippen molar-refractivity contribution in [3.05, 3.63) is 94.1 Å². The van der Waals surface area contributed by atoms with Gasteiger partial charge in [0, 0.05) is 61.1 Å². The molecule has 248 valence electrons. The lowest BCUT2D eigenvalue weighted by Gasteiger charge is -2.18. The highest BCUT2D eigenvalue weighted by molar-refractivity contribution is 6.38. The molecule has 0 fully saturated rings. The Bertz CT molecular complexity index is 2060. The summed E-state index contributed by atoms with van der Waals surface area (Å²) in [6, 6.07) is 2.19. The molecule has 0 saturated carbocycles. The van der Waals surface area contributed by atoms with E-state index in [1.807, 2.05) is 27.7 Å². The first-order valence-electron chi connectivity index (χ1n) is 14.2. The standard InChI is InChI=1S/2C16H12ClF3N4/c1-7(2)23-13-12(11-9(19)5-8(18)6-10(11)20)15(17)24-16-14(13)21-3-4-22-16;1-7(2)23-15-12(11-9(19)5-8(18)6-10(11)20)13(17)14-16(24-15)22-4-3-21-14/h2*3-7H,1-2H3,(H,22,23,24). The second-order valence-electron chi connectivity index (χ2n) is 10.8. The van der Waals surface area contributed by atoms with Gasteiger partial charge < -0.3 is 10.6 Å². The predicted octanol–water partition coefficient (Wildman–Crippen LogP) is 9.17. The number of nitrogens with one attached hydrogen (secondary N) is 2. The fraction of sp³-hybridized carbons (Fsp3) is 0.188. The number of halogens is 8. The third kappa shape index (κ3) is 7.04. The highest BCUT2D eigenvalue weighted by Gasteiger charge is 2.25. The number of hydrogen-bond donors (Lipinski definition) is 2. The summed E-state index contributed by atoms with van der Waals surface area (Å²) in [7, 11) is 0. The van der Waals surface area contributed by atoms with Gasteiger partial charge in [0.15, 0.2) is 11.3 Å². The largest absolute Gasteiger partial charge is 0.380 e. The Morgan fingerprint density at radius 1 is 0.542 bits per heavy atom. The van der Waals surface area contributed by atoms with Gasteiger partial charge in [-0.15, -0.1) is 0 Å². The van der Waals surface area contributed by atoms with E-state index in [-0.39, 0.29) is 61.7 Å². The van der Waals surface area contributed by atoms with Crippen LogP contribution in [-0.2, 0) is 0 Å². The number of nitrogens with zero attached hydrogens (tertiary/aromatic N) is 6. The molecule has 0 saturated heterocycles. The number of aromatic nitrogens is 6. The molecule has 0 bridgehead atoms. The maximum atomic E-state index is 14.3. The zero-order chi connectivity index (χ0) is 34.9. The SMILES string of the molecule is CC(C)Nc1c(-c2c(F)cc(F)cc2F)c(Cl)nc2nccnc12.CC(C)Nc1nc2nccnc2c(Cl)c1-c1c(F)cc(F)cc1F. The lowest BCUT2D eigenvalue weighted by Crippen LogP contribution is -2.13. The van der Waals surface area contributed by atoms with E-state index in [1.54, 1.807) is 0 Å². The first-order valence-corrected chi connectivity index (χ1v) is 15.0. The predicted molar refractivity (Wildman–Crippen MR) is 173 cm³/mol. The summed E-state index contributed by atoms with van der Waals surface area (Å²) in [5.41, 5.74) is 0.295. The quantitative estimate of drug-likeness (QED) is 0.131. The third-order valence-electron chi connectivity index (χ3n) is 6.51. The van der Waals surface area contributed by atoms with E-state index in [0.29, 0.717) is 29.8 Å². The van der Waals surface area contributed by atoms with Gasteiger partial charge in [0.25, 0.3) is 0 Å². The van der Waals surface area contributed by atoms with E-state index in [0.717, 1.165) is 0 Å². The molecule has 0 aliphatic rings. The minimum absolute atomic E-state index is 0.0133. The number of fused-ring (bicyclic) bond motifs is 2. The smallest absolute Gasteiger partial charge is 0.181 e. The molecule has 0 aliphatic carbocycles. The lowest BCUT2D eigenvalue weighted by molar-refractivity contribution is 0.547. The van der Waals surface area contributed by atoms with Gasteiger partial charge in [-0.2, -0.15) is 0 Å². The van der Waals surface area contributed by atoms with Crippen molar-refractivity contribution in [1.82, 2.24) is 29.9 Å². The van der Waals surface area contributed by atoms with Crippen molar-refractivity contribution in [3.8, 4) is 22.3 Å². The molecule has 48 heavy (non-hydrogen) atoms. The van der Waals surface area contributed by atoms with E-state index < -0.39 is 46.0 Å². The molecule has 0 amide bonds. The van der Waals surface area contributed by atoms with Gasteiger partial charge in [0.05, 0.1) is 33.0 Å². The van der Waals surface area contributed by atoms with E-state index >= 15 is 0 Å². The van der Waals surface area contributed by atoms with Crippen LogP contribution in [0.3, 0.4) is 0 Å². The van der Waals surface area contributed by atoms with Gasteiger partial charge in [-0.3, -0.25) is 0 Å². The van der Waals surface area contributed by atoms with E-state index in [4.69, 9.17) is 23.2 Å². The fourth-order valence-electron chi connectivity index (χ4n) is 4.74. The van der Waals surface area contributed by atoms with E-state index in [9.17, 15) is 26.3 Å². The molecule has 0 unspecified atom stereocenters. The van der Waals surface area contributed by atoms with Crippen LogP contribution in [0.15, 0.2) is 49.1 Å². The average Bonchev–Trinajstić information content (AvgIpc) is 2.99. The van der Waals surface area contributed by atoms with Crippen LogP contribution in [0, 0.1) is 34.9 Å². The summed E-state index contributed by atoms with van der Waals surface area (Å²) < 4.78 is 83.5. The number of rotatable bonds is 6. The van der Waals surface area contributed by atoms with Gasteiger partial charge in [-0.1, -0.05) is 23.2 Å². The minimum atomic E-state index is -1.08. The lowest BCUT2D eigenvalue weighted by atomic mass is 10.0. The highest BCUT2D eigenvalue weighted by Crippen LogP contribution is 2.42. The molecule has 4 heterocycles. The first kappa shape index (κ1) is 34.5. The molecular weight excluding hydrogens is 681 g/mol. The summed E-state index contributed by atoms with van der Waals surface area (Å²) in [5, 5.41) is 5.88. The highest BCUT2D eigenvalue weighted by atomic mass is 35.5. The molecule has 6 aromatic rings. The molecule has 4 aromatic heterocycles. The minimum Gasteiger partial charge on any atom is -0.380 e. The number of pyridine rings is 2. The third-order valence-corrected chi connectivity index (χ3v) is 7.15. The number of benzene rings is 2. The molecule has 0 atom stereocenters.